The van der Waals surface area contributed by atoms with Gasteiger partial charge in [-0.15, -0.1) is 11.3 Å². The second-order valence-corrected chi connectivity index (χ2v) is 11.9. The van der Waals surface area contributed by atoms with E-state index in [0.717, 1.165) is 53.7 Å². The zero-order chi connectivity index (χ0) is 27.0. The van der Waals surface area contributed by atoms with E-state index in [4.69, 9.17) is 11.6 Å². The summed E-state index contributed by atoms with van der Waals surface area (Å²) in [7, 11) is 0. The number of carboxylic acids is 1. The van der Waals surface area contributed by atoms with Crippen molar-refractivity contribution in [2.75, 3.05) is 0 Å². The second-order valence-electron chi connectivity index (χ2n) is 10.6. The Bertz CT molecular complexity index is 1340. The first-order valence-electron chi connectivity index (χ1n) is 13.2. The van der Waals surface area contributed by atoms with Crippen molar-refractivity contribution in [3.63, 3.8) is 0 Å². The maximum absolute atomic E-state index is 14.5. The summed E-state index contributed by atoms with van der Waals surface area (Å²) in [5.41, 5.74) is 3.06. The normalized spacial score (nSPS) is 23.9. The highest BCUT2D eigenvalue weighted by Gasteiger charge is 2.58. The fourth-order valence-electron chi connectivity index (χ4n) is 6.41. The number of amides is 1. The van der Waals surface area contributed by atoms with Crippen LogP contribution in [-0.4, -0.2) is 33.7 Å². The number of halogens is 1. The van der Waals surface area contributed by atoms with Crippen LogP contribution < -0.4 is 0 Å². The van der Waals surface area contributed by atoms with Gasteiger partial charge in [-0.2, -0.15) is 0 Å². The number of Topliss-reactive ketones (excluding diaryl/α,β-unsaturated/α-hetero) is 1. The highest BCUT2D eigenvalue weighted by atomic mass is 35.5. The Labute approximate surface area is 232 Å². The Morgan fingerprint density at radius 1 is 0.921 bits per heavy atom. The number of thiophene rings is 1. The lowest BCUT2D eigenvalue weighted by Crippen LogP contribution is -2.46. The molecular formula is C31H32ClNO4S. The maximum Gasteiger partial charge on any atom is 0.327 e. The largest absolute Gasteiger partial charge is 0.480 e. The van der Waals surface area contributed by atoms with Crippen molar-refractivity contribution in [3.8, 4) is 0 Å². The van der Waals surface area contributed by atoms with E-state index in [1.165, 1.54) is 11.3 Å². The minimum Gasteiger partial charge on any atom is -0.480 e. The number of aryl methyl sites for hydroxylation is 2. The number of carboxylic acid groups (broad SMARTS) is 1. The lowest BCUT2D eigenvalue weighted by Gasteiger charge is -2.34. The van der Waals surface area contributed by atoms with E-state index >= 15 is 0 Å². The molecule has 0 spiro atoms. The zero-order valence-corrected chi connectivity index (χ0v) is 23.2. The molecule has 3 aromatic rings. The Kier molecular flexibility index (Phi) is 7.73. The van der Waals surface area contributed by atoms with Gasteiger partial charge < -0.3 is 10.0 Å². The van der Waals surface area contributed by atoms with Gasteiger partial charge in [-0.25, -0.2) is 4.79 Å². The summed E-state index contributed by atoms with van der Waals surface area (Å²) in [6, 6.07) is 14.6. The molecule has 0 radical (unpaired) electrons. The van der Waals surface area contributed by atoms with Gasteiger partial charge in [-0.3, -0.25) is 9.59 Å². The van der Waals surface area contributed by atoms with E-state index in [9.17, 15) is 19.5 Å². The van der Waals surface area contributed by atoms with Crippen LogP contribution in [0.5, 0.6) is 0 Å². The second kappa shape index (κ2) is 11.0. The summed E-state index contributed by atoms with van der Waals surface area (Å²) >= 11 is 7.69. The van der Waals surface area contributed by atoms with Crippen LogP contribution in [0.3, 0.4) is 0 Å². The van der Waals surface area contributed by atoms with Crippen molar-refractivity contribution in [2.24, 2.45) is 11.8 Å². The number of carbonyl (C=O) groups excluding carboxylic acids is 2. The van der Waals surface area contributed by atoms with Crippen molar-refractivity contribution < 1.29 is 19.5 Å². The molecule has 5 rings (SSSR count). The monoisotopic (exact) mass is 549 g/mol. The number of nitrogens with zero attached hydrogens (tertiary/aromatic N) is 1. The van der Waals surface area contributed by atoms with Gasteiger partial charge in [0.2, 0.25) is 5.91 Å². The number of rotatable bonds is 6. The SMILES string of the molecule is Cc1ccccc1C(=O)C1C(c2sccc2C)C(C(=O)O)N(C(=O)C2CCCCC2)C1c1ccc(Cl)cc1. The van der Waals surface area contributed by atoms with Crippen molar-refractivity contribution in [3.05, 3.63) is 92.1 Å². The van der Waals surface area contributed by atoms with Crippen molar-refractivity contribution in [1.82, 2.24) is 4.90 Å². The summed E-state index contributed by atoms with van der Waals surface area (Å²) < 4.78 is 0. The molecule has 1 saturated carbocycles. The molecule has 1 aliphatic heterocycles. The van der Waals surface area contributed by atoms with Gasteiger partial charge in [-0.05, 0) is 67.0 Å². The fraction of sp³-hybridized carbons (Fsp3) is 0.387. The van der Waals surface area contributed by atoms with E-state index in [1.54, 1.807) is 23.1 Å². The van der Waals surface area contributed by atoms with Crippen LogP contribution in [-0.2, 0) is 9.59 Å². The number of aliphatic carboxylic acids is 1. The number of hydrogen-bond donors (Lipinski definition) is 1. The molecule has 2 aliphatic rings. The van der Waals surface area contributed by atoms with Gasteiger partial charge in [0.15, 0.2) is 5.78 Å². The Morgan fingerprint density at radius 3 is 2.21 bits per heavy atom. The molecule has 2 fully saturated rings. The highest BCUT2D eigenvalue weighted by molar-refractivity contribution is 7.10. The minimum absolute atomic E-state index is 0.133. The van der Waals surface area contributed by atoms with Crippen LogP contribution in [0.2, 0.25) is 5.02 Å². The summed E-state index contributed by atoms with van der Waals surface area (Å²) in [5.74, 6) is -3.04. The quantitative estimate of drug-likeness (QED) is 0.329. The van der Waals surface area contributed by atoms with Crippen molar-refractivity contribution in [1.29, 1.82) is 0 Å². The number of carbonyl (C=O) groups is 3. The summed E-state index contributed by atoms with van der Waals surface area (Å²) in [4.78, 5) is 44.3. The van der Waals surface area contributed by atoms with Gasteiger partial charge in [0.25, 0.3) is 0 Å². The first kappa shape index (κ1) is 26.6. The number of hydrogen-bond acceptors (Lipinski definition) is 4. The smallest absolute Gasteiger partial charge is 0.327 e. The average Bonchev–Trinajstić information content (AvgIpc) is 3.50. The average molecular weight is 550 g/mol. The lowest BCUT2D eigenvalue weighted by atomic mass is 9.77. The Morgan fingerprint density at radius 2 is 1.61 bits per heavy atom. The Balaban J connectivity index is 1.75. The number of likely N-dealkylation sites (tertiary alicyclic amines) is 1. The first-order chi connectivity index (χ1) is 18.3. The minimum atomic E-state index is -1.15. The molecule has 198 valence electrons. The fourth-order valence-corrected chi connectivity index (χ4v) is 7.65. The summed E-state index contributed by atoms with van der Waals surface area (Å²) in [5, 5.41) is 13.2. The molecular weight excluding hydrogens is 518 g/mol. The van der Waals surface area contributed by atoms with Crippen molar-refractivity contribution >= 4 is 40.6 Å². The molecule has 1 aliphatic carbocycles. The molecule has 1 N–H and O–H groups in total. The van der Waals surface area contributed by atoms with Gasteiger partial charge in [-0.1, -0.05) is 67.3 Å². The molecule has 0 bridgehead atoms. The van der Waals surface area contributed by atoms with E-state index in [0.29, 0.717) is 10.6 Å². The predicted molar refractivity (Wildman–Crippen MR) is 150 cm³/mol. The van der Waals surface area contributed by atoms with Crippen LogP contribution in [0.25, 0.3) is 0 Å². The number of ketones is 1. The van der Waals surface area contributed by atoms with Crippen LogP contribution in [0, 0.1) is 25.7 Å². The van der Waals surface area contributed by atoms with Crippen LogP contribution in [0.15, 0.2) is 60.0 Å². The van der Waals surface area contributed by atoms with Gasteiger partial charge in [0.1, 0.15) is 6.04 Å². The predicted octanol–water partition coefficient (Wildman–Crippen LogP) is 7.22. The molecule has 4 atom stereocenters. The standard InChI is InChI=1S/C31H32ClNO4S/c1-18-8-6-7-11-23(18)28(34)24-25(29-19(2)16-17-38-29)27(31(36)37)33(30(35)21-9-4-3-5-10-21)26(24)20-12-14-22(32)15-13-20/h6-8,11-17,21,24-27H,3-5,9-10H2,1-2H3,(H,36,37). The topological polar surface area (TPSA) is 74.7 Å². The molecule has 2 heterocycles. The maximum atomic E-state index is 14.5. The lowest BCUT2D eigenvalue weighted by molar-refractivity contribution is -0.152. The molecule has 4 unspecified atom stereocenters. The molecule has 1 saturated heterocycles. The summed E-state index contributed by atoms with van der Waals surface area (Å²) in [6.45, 7) is 3.84. The zero-order valence-electron chi connectivity index (χ0n) is 21.6. The molecule has 1 aromatic heterocycles. The molecule has 38 heavy (non-hydrogen) atoms. The third-order valence-corrected chi connectivity index (χ3v) is 9.63. The number of benzene rings is 2. The molecule has 1 amide bonds. The third kappa shape index (κ3) is 4.80. The highest BCUT2D eigenvalue weighted by Crippen LogP contribution is 2.54. The summed E-state index contributed by atoms with van der Waals surface area (Å²) in [6.07, 6.45) is 4.47. The van der Waals surface area contributed by atoms with E-state index in [2.05, 4.69) is 0 Å². The van der Waals surface area contributed by atoms with Crippen molar-refractivity contribution in [2.45, 2.75) is 64.0 Å². The molecule has 2 aromatic carbocycles. The first-order valence-corrected chi connectivity index (χ1v) is 14.5. The third-order valence-electron chi connectivity index (χ3n) is 8.26. The van der Waals surface area contributed by atoms with Gasteiger partial charge in [0.05, 0.1) is 12.0 Å². The van der Waals surface area contributed by atoms with E-state index in [-0.39, 0.29) is 17.6 Å². The van der Waals surface area contributed by atoms with Gasteiger partial charge in [0, 0.05) is 27.3 Å². The molecule has 5 nitrogen and oxygen atoms in total. The van der Waals surface area contributed by atoms with Crippen LogP contribution in [0.1, 0.15) is 76.0 Å². The van der Waals surface area contributed by atoms with E-state index in [1.807, 2.05) is 55.6 Å². The van der Waals surface area contributed by atoms with Crippen LogP contribution >= 0.6 is 22.9 Å². The van der Waals surface area contributed by atoms with Gasteiger partial charge >= 0.3 is 5.97 Å². The van der Waals surface area contributed by atoms with E-state index < -0.39 is 29.9 Å². The Hall–Kier alpha value is -2.96. The molecule has 7 heteroatoms. The van der Waals surface area contributed by atoms with Crippen LogP contribution in [0.4, 0.5) is 0 Å².